The Morgan fingerprint density at radius 2 is 2.19 bits per heavy atom. The predicted molar refractivity (Wildman–Crippen MR) is 74.0 cm³/mol. The maximum absolute atomic E-state index is 11.9. The molecule has 1 aromatic rings. The van der Waals surface area contributed by atoms with Crippen molar-refractivity contribution in [2.24, 2.45) is 5.92 Å². The first-order chi connectivity index (χ1) is 7.54. The van der Waals surface area contributed by atoms with Gasteiger partial charge in [0.05, 0.1) is 5.56 Å². The lowest BCUT2D eigenvalue weighted by Gasteiger charge is -2.19. The van der Waals surface area contributed by atoms with Gasteiger partial charge in [-0.15, -0.1) is 0 Å². The number of aryl methyl sites for hydroxylation is 1. The fourth-order valence-electron chi connectivity index (χ4n) is 1.31. The average molecular weight is 332 g/mol. The minimum atomic E-state index is -0.0356. The quantitative estimate of drug-likeness (QED) is 0.680. The molecule has 4 heteroatoms. The molecule has 1 amide bonds. The topological polar surface area (TPSA) is 42.0 Å². The number of amides is 1. The summed E-state index contributed by atoms with van der Waals surface area (Å²) in [5, 5.41) is 3.02. The van der Waals surface area contributed by atoms with Gasteiger partial charge < -0.3 is 5.32 Å². The van der Waals surface area contributed by atoms with Crippen LogP contribution < -0.4 is 5.32 Å². The Kier molecular flexibility index (Phi) is 5.18. The van der Waals surface area contributed by atoms with Crippen LogP contribution >= 0.6 is 22.6 Å². The van der Waals surface area contributed by atoms with Crippen molar-refractivity contribution in [1.82, 2.24) is 10.3 Å². The van der Waals surface area contributed by atoms with Crippen LogP contribution in [0.2, 0.25) is 0 Å². The van der Waals surface area contributed by atoms with Crippen LogP contribution in [0.15, 0.2) is 18.5 Å². The summed E-state index contributed by atoms with van der Waals surface area (Å²) in [6.45, 7) is 6.15. The summed E-state index contributed by atoms with van der Waals surface area (Å²) in [4.78, 5) is 15.9. The van der Waals surface area contributed by atoms with Crippen molar-refractivity contribution >= 4 is 28.5 Å². The SMILES string of the molecule is Cc1cncc(C(=O)NC(CI)C(C)C)c1. The molecule has 88 valence electrons. The highest BCUT2D eigenvalue weighted by Crippen LogP contribution is 2.07. The molecule has 0 aromatic carbocycles. The predicted octanol–water partition coefficient (Wildman–Crippen LogP) is 2.58. The van der Waals surface area contributed by atoms with E-state index < -0.39 is 0 Å². The van der Waals surface area contributed by atoms with Crippen LogP contribution in [0.3, 0.4) is 0 Å². The number of hydrogen-bond acceptors (Lipinski definition) is 2. The molecule has 0 aliphatic heterocycles. The molecular formula is C12H17IN2O. The molecule has 1 heterocycles. The van der Waals surface area contributed by atoms with Crippen LogP contribution in [0.5, 0.6) is 0 Å². The largest absolute Gasteiger partial charge is 0.348 e. The number of hydrogen-bond donors (Lipinski definition) is 1. The van der Waals surface area contributed by atoms with Crippen LogP contribution in [-0.2, 0) is 0 Å². The van der Waals surface area contributed by atoms with Crippen LogP contribution in [0, 0.1) is 12.8 Å². The molecule has 0 bridgehead atoms. The van der Waals surface area contributed by atoms with E-state index in [-0.39, 0.29) is 11.9 Å². The lowest BCUT2D eigenvalue weighted by Crippen LogP contribution is -2.39. The smallest absolute Gasteiger partial charge is 0.253 e. The molecule has 1 atom stereocenters. The summed E-state index contributed by atoms with van der Waals surface area (Å²) in [5.74, 6) is 0.408. The third-order valence-electron chi connectivity index (χ3n) is 2.42. The summed E-state index contributed by atoms with van der Waals surface area (Å²) in [5.41, 5.74) is 1.64. The standard InChI is InChI=1S/C12H17IN2O/c1-8(2)11(5-13)15-12(16)10-4-9(3)6-14-7-10/h4,6-8,11H,5H2,1-3H3,(H,15,16). The van der Waals surface area contributed by atoms with Gasteiger partial charge in [-0.3, -0.25) is 9.78 Å². The van der Waals surface area contributed by atoms with Gasteiger partial charge in [0.1, 0.15) is 0 Å². The number of aromatic nitrogens is 1. The number of rotatable bonds is 4. The molecule has 0 aliphatic carbocycles. The molecule has 3 nitrogen and oxygen atoms in total. The Labute approximate surface area is 110 Å². The third kappa shape index (κ3) is 3.73. The first-order valence-corrected chi connectivity index (χ1v) is 6.85. The Bertz CT molecular complexity index is 366. The number of carbonyl (C=O) groups is 1. The van der Waals surface area contributed by atoms with E-state index in [9.17, 15) is 4.79 Å². The molecule has 0 radical (unpaired) electrons. The zero-order valence-corrected chi connectivity index (χ0v) is 12.0. The highest BCUT2D eigenvalue weighted by Gasteiger charge is 2.15. The van der Waals surface area contributed by atoms with Gasteiger partial charge in [-0.25, -0.2) is 0 Å². The molecule has 0 saturated carbocycles. The number of nitrogens with zero attached hydrogens (tertiary/aromatic N) is 1. The van der Waals surface area contributed by atoms with Crippen LogP contribution in [-0.4, -0.2) is 21.4 Å². The van der Waals surface area contributed by atoms with E-state index in [1.54, 1.807) is 12.4 Å². The van der Waals surface area contributed by atoms with Crippen molar-refractivity contribution in [1.29, 1.82) is 0 Å². The average Bonchev–Trinajstić information content (AvgIpc) is 2.25. The summed E-state index contributed by atoms with van der Waals surface area (Å²) in [6.07, 6.45) is 3.35. The maximum Gasteiger partial charge on any atom is 0.253 e. The normalized spacial score (nSPS) is 12.6. The monoisotopic (exact) mass is 332 g/mol. The van der Waals surface area contributed by atoms with E-state index in [2.05, 4.69) is 46.7 Å². The molecule has 0 saturated heterocycles. The van der Waals surface area contributed by atoms with E-state index in [0.29, 0.717) is 11.5 Å². The van der Waals surface area contributed by atoms with Crippen molar-refractivity contribution in [3.63, 3.8) is 0 Å². The van der Waals surface area contributed by atoms with Gasteiger partial charge in [0.15, 0.2) is 0 Å². The van der Waals surface area contributed by atoms with Crippen molar-refractivity contribution < 1.29 is 4.79 Å². The van der Waals surface area contributed by atoms with Gasteiger partial charge in [-0.1, -0.05) is 36.4 Å². The fraction of sp³-hybridized carbons (Fsp3) is 0.500. The summed E-state index contributed by atoms with van der Waals surface area (Å²) < 4.78 is 0.917. The zero-order valence-electron chi connectivity index (χ0n) is 9.83. The number of halogens is 1. The minimum Gasteiger partial charge on any atom is -0.348 e. The molecule has 0 spiro atoms. The summed E-state index contributed by atoms with van der Waals surface area (Å²) in [7, 11) is 0. The first kappa shape index (κ1) is 13.4. The van der Waals surface area contributed by atoms with E-state index in [1.165, 1.54) is 0 Å². The molecule has 0 fully saturated rings. The minimum absolute atomic E-state index is 0.0356. The van der Waals surface area contributed by atoms with Crippen molar-refractivity contribution in [2.45, 2.75) is 26.8 Å². The van der Waals surface area contributed by atoms with Gasteiger partial charge >= 0.3 is 0 Å². The summed E-state index contributed by atoms with van der Waals surface area (Å²) >= 11 is 2.29. The molecule has 0 aliphatic rings. The van der Waals surface area contributed by atoms with Crippen molar-refractivity contribution in [3.05, 3.63) is 29.6 Å². The highest BCUT2D eigenvalue weighted by molar-refractivity contribution is 14.1. The van der Waals surface area contributed by atoms with Crippen LogP contribution in [0.1, 0.15) is 29.8 Å². The highest BCUT2D eigenvalue weighted by atomic mass is 127. The Morgan fingerprint density at radius 3 is 2.69 bits per heavy atom. The molecular weight excluding hydrogens is 315 g/mol. The van der Waals surface area contributed by atoms with Gasteiger partial charge in [0.2, 0.25) is 0 Å². The Balaban J connectivity index is 2.72. The van der Waals surface area contributed by atoms with Crippen molar-refractivity contribution in [3.8, 4) is 0 Å². The molecule has 1 aromatic heterocycles. The third-order valence-corrected chi connectivity index (χ3v) is 3.37. The van der Waals surface area contributed by atoms with Crippen LogP contribution in [0.4, 0.5) is 0 Å². The van der Waals surface area contributed by atoms with Gasteiger partial charge in [-0.2, -0.15) is 0 Å². The lowest BCUT2D eigenvalue weighted by atomic mass is 10.1. The Morgan fingerprint density at radius 1 is 1.50 bits per heavy atom. The fourth-order valence-corrected chi connectivity index (χ4v) is 2.55. The Hall–Kier alpha value is -0.650. The van der Waals surface area contributed by atoms with Gasteiger partial charge in [-0.05, 0) is 24.5 Å². The van der Waals surface area contributed by atoms with E-state index in [4.69, 9.17) is 0 Å². The second-order valence-electron chi connectivity index (χ2n) is 4.23. The molecule has 1 N–H and O–H groups in total. The van der Waals surface area contributed by atoms with Gasteiger partial charge in [0, 0.05) is 22.9 Å². The second kappa shape index (κ2) is 6.18. The van der Waals surface area contributed by atoms with Crippen molar-refractivity contribution in [2.75, 3.05) is 4.43 Å². The van der Waals surface area contributed by atoms with E-state index in [1.807, 2.05) is 13.0 Å². The second-order valence-corrected chi connectivity index (χ2v) is 5.11. The van der Waals surface area contributed by atoms with E-state index in [0.717, 1.165) is 9.99 Å². The number of carbonyl (C=O) groups excluding carboxylic acids is 1. The number of nitrogens with one attached hydrogen (secondary N) is 1. The first-order valence-electron chi connectivity index (χ1n) is 5.33. The zero-order chi connectivity index (χ0) is 12.1. The maximum atomic E-state index is 11.9. The van der Waals surface area contributed by atoms with Crippen LogP contribution in [0.25, 0.3) is 0 Å². The molecule has 1 unspecified atom stereocenters. The molecule has 1 rings (SSSR count). The number of alkyl halides is 1. The lowest BCUT2D eigenvalue weighted by molar-refractivity contribution is 0.0931. The number of pyridine rings is 1. The van der Waals surface area contributed by atoms with Gasteiger partial charge in [0.25, 0.3) is 5.91 Å². The summed E-state index contributed by atoms with van der Waals surface area (Å²) in [6, 6.07) is 2.07. The van der Waals surface area contributed by atoms with E-state index >= 15 is 0 Å². The molecule has 16 heavy (non-hydrogen) atoms.